The van der Waals surface area contributed by atoms with E-state index in [0.717, 1.165) is 0 Å². The van der Waals surface area contributed by atoms with Gasteiger partial charge in [0.1, 0.15) is 17.1 Å². The molecule has 1 N–H and O–H groups in total. The van der Waals surface area contributed by atoms with E-state index in [0.29, 0.717) is 25.1 Å². The molecule has 1 heterocycles. The van der Waals surface area contributed by atoms with Crippen molar-refractivity contribution in [3.05, 3.63) is 29.3 Å². The molecule has 0 saturated carbocycles. The highest BCUT2D eigenvalue weighted by molar-refractivity contribution is 5.68. The quantitative estimate of drug-likeness (QED) is 0.905. The van der Waals surface area contributed by atoms with Crippen molar-refractivity contribution >= 4 is 11.8 Å². The fourth-order valence-corrected chi connectivity index (χ4v) is 2.36. The zero-order valence-corrected chi connectivity index (χ0v) is 13.4. The van der Waals surface area contributed by atoms with E-state index in [1.165, 1.54) is 12.1 Å². The van der Waals surface area contributed by atoms with Crippen LogP contribution in [0.1, 0.15) is 32.8 Å². The summed E-state index contributed by atoms with van der Waals surface area (Å²) in [5, 5.41) is 2.87. The van der Waals surface area contributed by atoms with E-state index in [4.69, 9.17) is 4.74 Å². The molecule has 1 aliphatic rings. The maximum Gasteiger partial charge on any atom is 0.410 e. The predicted octanol–water partition coefficient (Wildman–Crippen LogP) is 3.69. The van der Waals surface area contributed by atoms with Gasteiger partial charge in [0.05, 0.1) is 0 Å². The highest BCUT2D eigenvalue weighted by Crippen LogP contribution is 2.25. The Bertz CT molecular complexity index is 570. The van der Waals surface area contributed by atoms with Gasteiger partial charge in [-0.25, -0.2) is 13.6 Å². The molecule has 0 aromatic heterocycles. The Labute approximate surface area is 129 Å². The number of nitrogens with zero attached hydrogens (tertiary/aromatic N) is 1. The Morgan fingerprint density at radius 2 is 2.05 bits per heavy atom. The lowest BCUT2D eigenvalue weighted by Gasteiger charge is -2.24. The molecule has 0 aliphatic carbocycles. The van der Waals surface area contributed by atoms with E-state index in [9.17, 15) is 13.6 Å². The molecule has 6 heteroatoms. The van der Waals surface area contributed by atoms with E-state index in [2.05, 4.69) is 5.32 Å². The average Bonchev–Trinajstić information content (AvgIpc) is 2.86. The number of hydrogen-bond acceptors (Lipinski definition) is 3. The van der Waals surface area contributed by atoms with Crippen LogP contribution in [0.2, 0.25) is 0 Å². The van der Waals surface area contributed by atoms with E-state index < -0.39 is 23.3 Å². The number of likely N-dealkylation sites (tertiary alicyclic amines) is 1. The van der Waals surface area contributed by atoms with E-state index in [1.54, 1.807) is 32.6 Å². The lowest BCUT2D eigenvalue weighted by atomic mass is 10.1. The van der Waals surface area contributed by atoms with Gasteiger partial charge in [-0.05, 0) is 45.7 Å². The number of ether oxygens (including phenoxy) is 1. The third-order valence-corrected chi connectivity index (χ3v) is 3.47. The van der Waals surface area contributed by atoms with Gasteiger partial charge in [-0.15, -0.1) is 0 Å². The highest BCUT2D eigenvalue weighted by Gasteiger charge is 2.30. The second kappa shape index (κ2) is 6.10. The molecule has 1 amide bonds. The summed E-state index contributed by atoms with van der Waals surface area (Å²) in [7, 11) is 0. The third-order valence-electron chi connectivity index (χ3n) is 3.47. The second-order valence-corrected chi connectivity index (χ2v) is 6.61. The minimum atomic E-state index is -0.626. The molecule has 1 atom stereocenters. The monoisotopic (exact) mass is 312 g/mol. The molecule has 0 radical (unpaired) electrons. The molecule has 1 unspecified atom stereocenters. The topological polar surface area (TPSA) is 41.6 Å². The first kappa shape index (κ1) is 16.5. The number of carbonyl (C=O) groups excluding carboxylic acids is 1. The van der Waals surface area contributed by atoms with Crippen molar-refractivity contribution in [1.29, 1.82) is 0 Å². The van der Waals surface area contributed by atoms with Crippen LogP contribution in [0, 0.1) is 18.6 Å². The first-order chi connectivity index (χ1) is 10.2. The first-order valence-electron chi connectivity index (χ1n) is 7.36. The number of rotatable bonds is 2. The SMILES string of the molecule is Cc1ccc(F)c(NC2CCN(C(=O)OC(C)(C)C)C2)c1F. The summed E-state index contributed by atoms with van der Waals surface area (Å²) in [6.07, 6.45) is 0.216. The average molecular weight is 312 g/mol. The maximum atomic E-state index is 14.0. The van der Waals surface area contributed by atoms with Crippen LogP contribution < -0.4 is 5.32 Å². The van der Waals surface area contributed by atoms with Crippen LogP contribution in [-0.2, 0) is 4.74 Å². The molecule has 1 aromatic rings. The Balaban J connectivity index is 2.00. The molecule has 0 spiro atoms. The van der Waals surface area contributed by atoms with Crippen LogP contribution >= 0.6 is 0 Å². The molecular formula is C16H22F2N2O2. The lowest BCUT2D eigenvalue weighted by molar-refractivity contribution is 0.0293. The second-order valence-electron chi connectivity index (χ2n) is 6.61. The summed E-state index contributed by atoms with van der Waals surface area (Å²) in [4.78, 5) is 13.5. The molecule has 1 aromatic carbocycles. The minimum absolute atomic E-state index is 0.129. The number of amides is 1. The fourth-order valence-electron chi connectivity index (χ4n) is 2.36. The molecule has 2 rings (SSSR count). The van der Waals surface area contributed by atoms with Crippen LogP contribution in [-0.4, -0.2) is 35.7 Å². The Morgan fingerprint density at radius 3 is 2.68 bits per heavy atom. The number of carbonyl (C=O) groups is 1. The van der Waals surface area contributed by atoms with E-state index >= 15 is 0 Å². The maximum absolute atomic E-state index is 14.0. The summed E-state index contributed by atoms with van der Waals surface area (Å²) in [6, 6.07) is 2.44. The van der Waals surface area contributed by atoms with Crippen molar-refractivity contribution in [3.8, 4) is 0 Å². The molecule has 1 aliphatic heterocycles. The molecule has 4 nitrogen and oxygen atoms in total. The van der Waals surface area contributed by atoms with Crippen molar-refractivity contribution < 1.29 is 18.3 Å². The van der Waals surface area contributed by atoms with Crippen LogP contribution in [0.3, 0.4) is 0 Å². The Kier molecular flexibility index (Phi) is 4.58. The van der Waals surface area contributed by atoms with Crippen molar-refractivity contribution in [2.75, 3.05) is 18.4 Å². The summed E-state index contributed by atoms with van der Waals surface area (Å²) in [6.45, 7) is 7.85. The fraction of sp³-hybridized carbons (Fsp3) is 0.562. The third kappa shape index (κ3) is 3.87. The predicted molar refractivity (Wildman–Crippen MR) is 80.9 cm³/mol. The Morgan fingerprint density at radius 1 is 1.36 bits per heavy atom. The lowest BCUT2D eigenvalue weighted by Crippen LogP contribution is -2.36. The van der Waals surface area contributed by atoms with Gasteiger partial charge < -0.3 is 15.0 Å². The van der Waals surface area contributed by atoms with E-state index in [1.807, 2.05) is 0 Å². The number of benzene rings is 1. The summed E-state index contributed by atoms with van der Waals surface area (Å²) in [5.41, 5.74) is -0.306. The number of hydrogen-bond donors (Lipinski definition) is 1. The zero-order valence-electron chi connectivity index (χ0n) is 13.4. The van der Waals surface area contributed by atoms with E-state index in [-0.39, 0.29) is 11.7 Å². The van der Waals surface area contributed by atoms with Gasteiger partial charge in [0, 0.05) is 19.1 Å². The number of aryl methyl sites for hydroxylation is 1. The van der Waals surface area contributed by atoms with Crippen LogP contribution in [0.25, 0.3) is 0 Å². The van der Waals surface area contributed by atoms with Crippen molar-refractivity contribution in [1.82, 2.24) is 4.90 Å². The molecular weight excluding hydrogens is 290 g/mol. The van der Waals surface area contributed by atoms with Crippen molar-refractivity contribution in [3.63, 3.8) is 0 Å². The number of anilines is 1. The van der Waals surface area contributed by atoms with Gasteiger partial charge in [0.15, 0.2) is 5.82 Å². The Hall–Kier alpha value is -1.85. The molecule has 1 saturated heterocycles. The number of halogens is 2. The normalized spacial score (nSPS) is 18.5. The number of nitrogens with one attached hydrogen (secondary N) is 1. The largest absolute Gasteiger partial charge is 0.444 e. The van der Waals surface area contributed by atoms with Gasteiger partial charge in [-0.3, -0.25) is 0 Å². The summed E-state index contributed by atoms with van der Waals surface area (Å²) < 4.78 is 33.0. The summed E-state index contributed by atoms with van der Waals surface area (Å²) in [5.74, 6) is -1.21. The molecule has 0 bridgehead atoms. The zero-order chi connectivity index (χ0) is 16.5. The molecule has 1 fully saturated rings. The smallest absolute Gasteiger partial charge is 0.410 e. The molecule has 122 valence electrons. The van der Waals surface area contributed by atoms with Gasteiger partial charge in [-0.2, -0.15) is 0 Å². The van der Waals surface area contributed by atoms with Gasteiger partial charge in [0.2, 0.25) is 0 Å². The first-order valence-corrected chi connectivity index (χ1v) is 7.36. The standard InChI is InChI=1S/C16H22F2N2O2/c1-10-5-6-12(17)14(13(10)18)19-11-7-8-20(9-11)15(21)22-16(2,3)4/h5-6,11,19H,7-9H2,1-4H3. The van der Waals surface area contributed by atoms with Gasteiger partial charge in [0.25, 0.3) is 0 Å². The molecule has 22 heavy (non-hydrogen) atoms. The van der Waals surface area contributed by atoms with Gasteiger partial charge in [-0.1, -0.05) is 6.07 Å². The van der Waals surface area contributed by atoms with Crippen LogP contribution in [0.15, 0.2) is 12.1 Å². The summed E-state index contributed by atoms with van der Waals surface area (Å²) >= 11 is 0. The van der Waals surface area contributed by atoms with Crippen LogP contribution in [0.5, 0.6) is 0 Å². The van der Waals surface area contributed by atoms with Crippen molar-refractivity contribution in [2.24, 2.45) is 0 Å². The van der Waals surface area contributed by atoms with Crippen LogP contribution in [0.4, 0.5) is 19.3 Å². The highest BCUT2D eigenvalue weighted by atomic mass is 19.1. The minimum Gasteiger partial charge on any atom is -0.444 e. The van der Waals surface area contributed by atoms with Crippen molar-refractivity contribution in [2.45, 2.75) is 45.8 Å². The van der Waals surface area contributed by atoms with Gasteiger partial charge >= 0.3 is 6.09 Å².